The molecule has 1 rings (SSSR count). The molecule has 0 aliphatic carbocycles. The molecule has 20 heteroatoms. The molecule has 0 N–H and O–H groups in total. The predicted octanol–water partition coefficient (Wildman–Crippen LogP) is 15.9. The maximum absolute atomic E-state index is 7.82. The van der Waals surface area contributed by atoms with Crippen LogP contribution in [-0.4, -0.2) is 85.6 Å². The van der Waals surface area contributed by atoms with Crippen molar-refractivity contribution in [2.75, 3.05) is 0 Å². The maximum atomic E-state index is 7.82. The summed E-state index contributed by atoms with van der Waals surface area (Å²) in [4.78, 5) is 0. The van der Waals surface area contributed by atoms with Crippen molar-refractivity contribution < 1.29 is 41.2 Å². The van der Waals surface area contributed by atoms with Crippen LogP contribution >= 0.6 is 0 Å². The average molecular weight is 1140 g/mol. The van der Waals surface area contributed by atoms with Crippen molar-refractivity contribution in [1.82, 2.24) is 0 Å². The molecule has 0 aromatic heterocycles. The highest BCUT2D eigenvalue weighted by molar-refractivity contribution is 7.02. The van der Waals surface area contributed by atoms with E-state index in [1.165, 1.54) is 0 Å². The minimum atomic E-state index is -3.68. The van der Waals surface area contributed by atoms with Gasteiger partial charge in [0.15, 0.2) is 0 Å². The Balaban J connectivity index is 5.21. The first-order valence-corrected chi connectivity index (χ1v) is 45.2. The number of rotatable bonds is 20. The van der Waals surface area contributed by atoms with E-state index in [-0.39, 0.29) is 55.4 Å². The first-order valence-electron chi connectivity index (χ1n) is 25.5. The molecule has 1 saturated heterocycles. The van der Waals surface area contributed by atoms with Crippen LogP contribution in [0, 0.1) is 0 Å². The van der Waals surface area contributed by atoms with Crippen molar-refractivity contribution >= 4 is 85.6 Å². The van der Waals surface area contributed by atoms with Crippen LogP contribution in [0.1, 0.15) is 138 Å². The van der Waals surface area contributed by atoms with Crippen LogP contribution in [0.5, 0.6) is 0 Å². The predicted molar refractivity (Wildman–Crippen MR) is 321 cm³/mol. The second-order valence-corrected chi connectivity index (χ2v) is 60.0. The monoisotopic (exact) mass is 1140 g/mol. The Kier molecular flexibility index (Phi) is 24.8. The molecule has 1 heterocycles. The van der Waals surface area contributed by atoms with Crippen LogP contribution in [0.4, 0.5) is 0 Å². The molecular weight excluding hydrogens is 1040 g/mol. The zero-order valence-corrected chi connectivity index (χ0v) is 57.7. The molecule has 0 aromatic rings. The fraction of sp³-hybridized carbons (Fsp3) is 0.600. The fourth-order valence-electron chi connectivity index (χ4n) is 8.25. The molecule has 0 atom stereocenters. The van der Waals surface area contributed by atoms with Crippen molar-refractivity contribution in [3.8, 4) is 0 Å². The minimum Gasteiger partial charge on any atom is -0.409 e. The highest BCUT2D eigenvalue weighted by Gasteiger charge is 2.66. The van der Waals surface area contributed by atoms with E-state index < -0.39 is 85.6 Å². The van der Waals surface area contributed by atoms with Crippen molar-refractivity contribution in [3.05, 3.63) is 123 Å². The van der Waals surface area contributed by atoms with E-state index in [4.69, 9.17) is 41.2 Å². The van der Waals surface area contributed by atoms with Gasteiger partial charge in [0.2, 0.25) is 0 Å². The van der Waals surface area contributed by atoms with Gasteiger partial charge in [-0.2, -0.15) is 0 Å². The summed E-state index contributed by atoms with van der Waals surface area (Å²) in [6, 6.07) is 0. The molecule has 0 radical (unpaired) electrons. The summed E-state index contributed by atoms with van der Waals surface area (Å²) in [6.45, 7) is 87.0. The topological polar surface area (TPSA) is 92.3 Å². The normalized spacial score (nSPS) is 37.0. The molecule has 0 amide bonds. The second kappa shape index (κ2) is 25.8. The quantitative estimate of drug-likeness (QED) is 0.110. The molecule has 0 unspecified atom stereocenters. The van der Waals surface area contributed by atoms with Gasteiger partial charge in [-0.1, -0.05) is 195 Å². The lowest BCUT2D eigenvalue weighted by Gasteiger charge is -2.54. The first-order chi connectivity index (χ1) is 32.1. The van der Waals surface area contributed by atoms with Crippen molar-refractivity contribution in [2.24, 2.45) is 0 Å². The van der Waals surface area contributed by atoms with Crippen molar-refractivity contribution in [2.45, 2.75) is 194 Å². The minimum absolute atomic E-state index is 0.188. The van der Waals surface area contributed by atoms with E-state index in [1.807, 2.05) is 57.0 Å². The summed E-state index contributed by atoms with van der Waals surface area (Å²) < 4.78 is 78.2. The molecule has 0 spiro atoms. The molecular formula is C50H100O10Si10. The van der Waals surface area contributed by atoms with Gasteiger partial charge in [0.05, 0.1) is 0 Å². The smallest absolute Gasteiger partial charge is 0.349 e. The zero-order chi connectivity index (χ0) is 54.9. The van der Waals surface area contributed by atoms with Gasteiger partial charge >= 0.3 is 85.6 Å². The Morgan fingerprint density at radius 2 is 0.229 bits per heavy atom. The van der Waals surface area contributed by atoms with Gasteiger partial charge < -0.3 is 41.2 Å². The molecule has 10 nitrogen and oxygen atoms in total. The third-order valence-electron chi connectivity index (χ3n) is 14.1. The molecule has 0 aromatic carbocycles. The van der Waals surface area contributed by atoms with E-state index in [1.54, 1.807) is 0 Å². The van der Waals surface area contributed by atoms with Gasteiger partial charge in [-0.05, 0) is 55.4 Å². The molecule has 0 saturated carbocycles. The van der Waals surface area contributed by atoms with Gasteiger partial charge in [-0.3, -0.25) is 0 Å². The summed E-state index contributed by atoms with van der Waals surface area (Å²) in [5.41, 5.74) is 16.8. The molecule has 400 valence electrons. The SMILES string of the molecule is C=C[Si]1(C(C)C)O[Si](C=C)(C(C)C)O[Si](C=C)(C(C)C)O[Si](C=C)(C(C)C)O[Si](C=C)(C(C)C)O[Si](C=C)(C(C)C)O[Si](C=C)(C(C)C)O[Si](C=C)(C(C)C)O[Si](C=C)(C(C)C)O[Si](C=C)(C(C)C)O1. The molecule has 1 aliphatic rings. The summed E-state index contributed by atoms with van der Waals surface area (Å²) >= 11 is 0. The van der Waals surface area contributed by atoms with Crippen molar-refractivity contribution in [1.29, 1.82) is 0 Å². The highest BCUT2D eigenvalue weighted by Crippen LogP contribution is 2.49. The first kappa shape index (κ1) is 67.2. The molecule has 1 aliphatic heterocycles. The summed E-state index contributed by atoms with van der Waals surface area (Å²) in [7, 11) is -36.8. The maximum Gasteiger partial charge on any atom is 0.349 e. The van der Waals surface area contributed by atoms with Crippen LogP contribution < -0.4 is 0 Å². The Hall–Kier alpha value is -0.831. The fourth-order valence-corrected chi connectivity index (χ4v) is 63.8. The third kappa shape index (κ3) is 13.2. The Morgan fingerprint density at radius 3 is 0.257 bits per heavy atom. The molecule has 70 heavy (non-hydrogen) atoms. The van der Waals surface area contributed by atoms with Gasteiger partial charge in [-0.25, -0.2) is 0 Å². The van der Waals surface area contributed by atoms with E-state index in [9.17, 15) is 0 Å². The van der Waals surface area contributed by atoms with Gasteiger partial charge in [-0.15, -0.1) is 65.8 Å². The lowest BCUT2D eigenvalue weighted by molar-refractivity contribution is 0.219. The summed E-state index contributed by atoms with van der Waals surface area (Å²) in [5, 5.41) is 0. The van der Waals surface area contributed by atoms with Crippen LogP contribution in [0.15, 0.2) is 123 Å². The Morgan fingerprint density at radius 1 is 0.171 bits per heavy atom. The van der Waals surface area contributed by atoms with E-state index in [0.717, 1.165) is 0 Å². The van der Waals surface area contributed by atoms with Gasteiger partial charge in [0.25, 0.3) is 0 Å². The lowest BCUT2D eigenvalue weighted by Crippen LogP contribution is -2.71. The lowest BCUT2D eigenvalue weighted by atomic mass is 10.6. The highest BCUT2D eigenvalue weighted by atomic mass is 28.5. The largest absolute Gasteiger partial charge is 0.409 e. The standard InChI is InChI=1S/C50H100O10Si10/c1-31-61(41(11)12)51-62(32-2,42(13)14)53-64(34-4,44(17)18)55-66(36-6,46(21)22)57-68(38-8,48(25)26)59-70(40-10,50(29)30)60-69(39-9,49(27)28)58-67(37-7,47(23)24)56-65(35-5,45(19)20)54-63(33-3,52-61)43(15)16/h31-50H,1-10H2,11-30H3. The van der Waals surface area contributed by atoms with E-state index in [2.05, 4.69) is 204 Å². The van der Waals surface area contributed by atoms with Gasteiger partial charge in [0.1, 0.15) is 0 Å². The zero-order valence-electron chi connectivity index (χ0n) is 47.7. The summed E-state index contributed by atoms with van der Waals surface area (Å²) in [6.07, 6.45) is 0. The number of hydrogen-bond acceptors (Lipinski definition) is 10. The average Bonchev–Trinajstić information content (AvgIpc) is 3.29. The van der Waals surface area contributed by atoms with E-state index in [0.29, 0.717) is 0 Å². The van der Waals surface area contributed by atoms with Crippen molar-refractivity contribution in [3.63, 3.8) is 0 Å². The van der Waals surface area contributed by atoms with Crippen LogP contribution in [0.2, 0.25) is 55.4 Å². The summed E-state index contributed by atoms with van der Waals surface area (Å²) in [5.74, 6) is 0. The van der Waals surface area contributed by atoms with Crippen LogP contribution in [0.3, 0.4) is 0 Å². The van der Waals surface area contributed by atoms with Crippen LogP contribution in [0.25, 0.3) is 0 Å². The molecule has 1 fully saturated rings. The van der Waals surface area contributed by atoms with Crippen LogP contribution in [-0.2, 0) is 41.2 Å². The van der Waals surface area contributed by atoms with Gasteiger partial charge in [0, 0.05) is 0 Å². The second-order valence-electron chi connectivity index (χ2n) is 21.8. The Labute approximate surface area is 440 Å². The Bertz CT molecular complexity index is 1390. The number of hydrogen-bond donors (Lipinski definition) is 0. The third-order valence-corrected chi connectivity index (χ3v) is 61.4. The molecule has 0 bridgehead atoms. The van der Waals surface area contributed by atoms with E-state index >= 15 is 0 Å².